The summed E-state index contributed by atoms with van der Waals surface area (Å²) < 4.78 is 46.3. The van der Waals surface area contributed by atoms with Crippen molar-refractivity contribution in [1.29, 1.82) is 0 Å². The van der Waals surface area contributed by atoms with Gasteiger partial charge in [0.25, 0.3) is 0 Å². The molecule has 0 saturated carbocycles. The van der Waals surface area contributed by atoms with Gasteiger partial charge in [-0.3, -0.25) is 0 Å². The average molecular weight is 378 g/mol. The zero-order valence-electron chi connectivity index (χ0n) is 15.7. The number of rotatable bonds is 11. The van der Waals surface area contributed by atoms with Gasteiger partial charge in [-0.25, -0.2) is 0 Å². The number of aromatic hydroxyl groups is 2. The summed E-state index contributed by atoms with van der Waals surface area (Å²) in [5.41, 5.74) is 1.19. The maximum atomic E-state index is 12.0. The zero-order valence-corrected chi connectivity index (χ0v) is 15.7. The van der Waals surface area contributed by atoms with Gasteiger partial charge in [0.15, 0.2) is 11.5 Å². The first-order valence-corrected chi connectivity index (χ1v) is 8.95. The van der Waals surface area contributed by atoms with E-state index in [1.165, 1.54) is 14.2 Å². The lowest BCUT2D eigenvalue weighted by atomic mass is 9.98. The van der Waals surface area contributed by atoms with Gasteiger partial charge in [0.05, 0.1) is 14.2 Å². The van der Waals surface area contributed by atoms with E-state index in [0.717, 1.165) is 32.1 Å². The van der Waals surface area contributed by atoms with E-state index in [1.807, 2.05) is 0 Å². The summed E-state index contributed by atoms with van der Waals surface area (Å²) in [6, 6.07) is 0. The Morgan fingerprint density at radius 2 is 1.23 bits per heavy atom. The van der Waals surface area contributed by atoms with Crippen LogP contribution in [0.15, 0.2) is 0 Å². The van der Waals surface area contributed by atoms with Crippen LogP contribution in [0, 0.1) is 6.92 Å². The molecule has 0 saturated heterocycles. The smallest absolute Gasteiger partial charge is 0.389 e. The van der Waals surface area contributed by atoms with Crippen LogP contribution >= 0.6 is 0 Å². The lowest BCUT2D eigenvalue weighted by Gasteiger charge is -2.17. The Hall–Kier alpha value is -1.79. The van der Waals surface area contributed by atoms with Crippen LogP contribution in [-0.4, -0.2) is 30.6 Å². The zero-order chi connectivity index (χ0) is 19.7. The first-order chi connectivity index (χ1) is 12.2. The van der Waals surface area contributed by atoms with Crippen LogP contribution in [0.4, 0.5) is 13.2 Å². The second-order valence-electron chi connectivity index (χ2n) is 6.46. The molecule has 7 heteroatoms. The first-order valence-electron chi connectivity index (χ1n) is 8.95. The number of benzene rings is 1. The van der Waals surface area contributed by atoms with Gasteiger partial charge in [0.1, 0.15) is 0 Å². The van der Waals surface area contributed by atoms with Gasteiger partial charge in [-0.1, -0.05) is 32.1 Å². The normalized spacial score (nSPS) is 11.6. The standard InChI is InChI=1S/C19H29F3O4/c1-13-14(16(24)18(26-3)17(25-2)15(13)23)11-9-7-5-4-6-8-10-12-19(20,21)22/h23-24H,4-12H2,1-3H3. The predicted molar refractivity (Wildman–Crippen MR) is 94.3 cm³/mol. The van der Waals surface area contributed by atoms with Gasteiger partial charge in [-0.15, -0.1) is 0 Å². The Balaban J connectivity index is 2.41. The molecule has 4 nitrogen and oxygen atoms in total. The number of unbranched alkanes of at least 4 members (excludes halogenated alkanes) is 6. The van der Waals surface area contributed by atoms with Crippen molar-refractivity contribution in [2.75, 3.05) is 14.2 Å². The van der Waals surface area contributed by atoms with Gasteiger partial charge in [0.2, 0.25) is 11.5 Å². The maximum absolute atomic E-state index is 12.0. The number of methoxy groups -OCH3 is 2. The topological polar surface area (TPSA) is 58.9 Å². The van der Waals surface area contributed by atoms with Crippen LogP contribution in [0.2, 0.25) is 0 Å². The van der Waals surface area contributed by atoms with Crippen molar-refractivity contribution in [3.8, 4) is 23.0 Å². The molecule has 1 rings (SSSR count). The van der Waals surface area contributed by atoms with E-state index in [1.54, 1.807) is 6.92 Å². The number of hydrogen-bond acceptors (Lipinski definition) is 4. The summed E-state index contributed by atoms with van der Waals surface area (Å²) in [4.78, 5) is 0. The van der Waals surface area contributed by atoms with Crippen LogP contribution in [-0.2, 0) is 6.42 Å². The molecule has 0 amide bonds. The highest BCUT2D eigenvalue weighted by atomic mass is 19.4. The van der Waals surface area contributed by atoms with Crippen LogP contribution in [0.3, 0.4) is 0 Å². The third kappa shape index (κ3) is 6.50. The van der Waals surface area contributed by atoms with Crippen molar-refractivity contribution in [1.82, 2.24) is 0 Å². The van der Waals surface area contributed by atoms with Crippen molar-refractivity contribution in [3.63, 3.8) is 0 Å². The highest BCUT2D eigenvalue weighted by Crippen LogP contribution is 2.48. The summed E-state index contributed by atoms with van der Waals surface area (Å²) in [6.45, 7) is 1.72. The summed E-state index contributed by atoms with van der Waals surface area (Å²) >= 11 is 0. The van der Waals surface area contributed by atoms with Crippen LogP contribution in [0.1, 0.15) is 62.5 Å². The molecule has 0 bridgehead atoms. The number of phenols is 2. The second-order valence-corrected chi connectivity index (χ2v) is 6.46. The van der Waals surface area contributed by atoms with E-state index < -0.39 is 12.6 Å². The molecule has 0 aliphatic heterocycles. The molecule has 0 heterocycles. The fourth-order valence-corrected chi connectivity index (χ4v) is 3.04. The minimum atomic E-state index is -4.05. The minimum Gasteiger partial charge on any atom is -0.504 e. The molecule has 1 aromatic carbocycles. The van der Waals surface area contributed by atoms with E-state index in [0.29, 0.717) is 24.0 Å². The van der Waals surface area contributed by atoms with Gasteiger partial charge < -0.3 is 19.7 Å². The van der Waals surface area contributed by atoms with E-state index in [-0.39, 0.29) is 29.4 Å². The molecule has 0 spiro atoms. The lowest BCUT2D eigenvalue weighted by molar-refractivity contribution is -0.135. The quantitative estimate of drug-likeness (QED) is 0.386. The lowest BCUT2D eigenvalue weighted by Crippen LogP contribution is -2.06. The van der Waals surface area contributed by atoms with Gasteiger partial charge in [0, 0.05) is 17.5 Å². The van der Waals surface area contributed by atoms with E-state index >= 15 is 0 Å². The molecule has 0 unspecified atom stereocenters. The van der Waals surface area contributed by atoms with Crippen molar-refractivity contribution in [2.45, 2.75) is 70.9 Å². The molecule has 0 fully saturated rings. The third-order valence-electron chi connectivity index (χ3n) is 4.53. The number of hydrogen-bond donors (Lipinski definition) is 2. The summed E-state index contributed by atoms with van der Waals surface area (Å²) in [5, 5.41) is 20.6. The van der Waals surface area contributed by atoms with Gasteiger partial charge >= 0.3 is 6.18 Å². The SMILES string of the molecule is COc1c(O)c(C)c(CCCCCCCCCC(F)(F)F)c(O)c1OC. The molecule has 0 aromatic heterocycles. The Bertz CT molecular complexity index is 571. The average Bonchev–Trinajstić information content (AvgIpc) is 2.57. The number of phenolic OH excluding ortho intramolecular Hbond substituents is 2. The molecule has 0 radical (unpaired) electrons. The largest absolute Gasteiger partial charge is 0.504 e. The van der Waals surface area contributed by atoms with Crippen molar-refractivity contribution in [3.05, 3.63) is 11.1 Å². The number of ether oxygens (including phenoxy) is 2. The molecular weight excluding hydrogens is 349 g/mol. The monoisotopic (exact) mass is 378 g/mol. The van der Waals surface area contributed by atoms with E-state index in [4.69, 9.17) is 9.47 Å². The molecule has 0 atom stereocenters. The highest BCUT2D eigenvalue weighted by molar-refractivity contribution is 5.65. The van der Waals surface area contributed by atoms with Crippen molar-refractivity contribution < 1.29 is 32.9 Å². The molecule has 1 aromatic rings. The molecule has 0 aliphatic carbocycles. The Morgan fingerprint density at radius 1 is 0.769 bits per heavy atom. The van der Waals surface area contributed by atoms with E-state index in [2.05, 4.69) is 0 Å². The fourth-order valence-electron chi connectivity index (χ4n) is 3.04. The molecule has 0 aliphatic rings. The van der Waals surface area contributed by atoms with Crippen LogP contribution in [0.25, 0.3) is 0 Å². The third-order valence-corrected chi connectivity index (χ3v) is 4.53. The summed E-state index contributed by atoms with van der Waals surface area (Å²) in [6.07, 6.45) is 0.991. The van der Waals surface area contributed by atoms with Crippen molar-refractivity contribution >= 4 is 0 Å². The first kappa shape index (κ1) is 22.3. The minimum absolute atomic E-state index is 0.0215. The fraction of sp³-hybridized carbons (Fsp3) is 0.684. The summed E-state index contributed by atoms with van der Waals surface area (Å²) in [7, 11) is 2.79. The van der Waals surface area contributed by atoms with Gasteiger partial charge in [-0.05, 0) is 26.2 Å². The molecular formula is C19H29F3O4. The van der Waals surface area contributed by atoms with Crippen LogP contribution < -0.4 is 9.47 Å². The maximum Gasteiger partial charge on any atom is 0.389 e. The molecule has 26 heavy (non-hydrogen) atoms. The van der Waals surface area contributed by atoms with Crippen molar-refractivity contribution in [2.24, 2.45) is 0 Å². The van der Waals surface area contributed by atoms with Gasteiger partial charge in [-0.2, -0.15) is 13.2 Å². The molecule has 150 valence electrons. The highest BCUT2D eigenvalue weighted by Gasteiger charge is 2.25. The summed E-state index contributed by atoms with van der Waals surface area (Å²) in [5.74, 6) is 0.175. The Labute approximate surface area is 152 Å². The second kappa shape index (κ2) is 10.4. The Morgan fingerprint density at radius 3 is 1.73 bits per heavy atom. The number of halogens is 3. The number of alkyl halides is 3. The van der Waals surface area contributed by atoms with Crippen LogP contribution in [0.5, 0.6) is 23.0 Å². The Kier molecular flexibility index (Phi) is 8.88. The van der Waals surface area contributed by atoms with E-state index in [9.17, 15) is 23.4 Å². The molecule has 2 N–H and O–H groups in total. The predicted octanol–water partition coefficient (Wildman–Crippen LogP) is 5.65.